The molecule has 0 unspecified atom stereocenters. The SMILES string of the molecule is O=C(C(=O)N1CCNCC1)c1c[nH]c2c(-c3cc4ccccc4o3)ccnc12. The number of H-pyrrole nitrogens is 1. The van der Waals surface area contributed by atoms with Gasteiger partial charge in [0.25, 0.3) is 11.7 Å². The van der Waals surface area contributed by atoms with E-state index in [9.17, 15) is 9.59 Å². The van der Waals surface area contributed by atoms with Crippen LogP contribution in [0.2, 0.25) is 0 Å². The molecule has 0 radical (unpaired) electrons. The van der Waals surface area contributed by atoms with E-state index in [0.717, 1.165) is 16.5 Å². The smallest absolute Gasteiger partial charge is 0.295 e. The van der Waals surface area contributed by atoms with Gasteiger partial charge >= 0.3 is 0 Å². The number of fused-ring (bicyclic) bond motifs is 2. The fourth-order valence-corrected chi connectivity index (χ4v) is 3.64. The lowest BCUT2D eigenvalue weighted by atomic mass is 10.1. The number of piperazine rings is 1. The van der Waals surface area contributed by atoms with Crippen LogP contribution in [0.5, 0.6) is 0 Å². The molecule has 0 aliphatic carbocycles. The first-order chi connectivity index (χ1) is 13.7. The molecule has 0 saturated carbocycles. The molecular formula is C21H18N4O3. The number of nitrogens with zero attached hydrogens (tertiary/aromatic N) is 2. The fourth-order valence-electron chi connectivity index (χ4n) is 3.64. The molecule has 2 N–H and O–H groups in total. The van der Waals surface area contributed by atoms with E-state index in [1.165, 1.54) is 0 Å². The molecule has 4 heterocycles. The highest BCUT2D eigenvalue weighted by molar-refractivity contribution is 6.44. The number of ketones is 1. The summed E-state index contributed by atoms with van der Waals surface area (Å²) in [4.78, 5) is 34.5. The maximum Gasteiger partial charge on any atom is 0.295 e. The Hall–Kier alpha value is -3.45. The van der Waals surface area contributed by atoms with Gasteiger partial charge in [-0.3, -0.25) is 14.6 Å². The van der Waals surface area contributed by atoms with E-state index < -0.39 is 11.7 Å². The summed E-state index contributed by atoms with van der Waals surface area (Å²) in [6.45, 7) is 2.46. The van der Waals surface area contributed by atoms with Gasteiger partial charge in [0.05, 0.1) is 16.6 Å². The minimum absolute atomic E-state index is 0.288. The van der Waals surface area contributed by atoms with Crippen LogP contribution in [-0.4, -0.2) is 52.7 Å². The van der Waals surface area contributed by atoms with Crippen LogP contribution in [0.25, 0.3) is 33.3 Å². The quantitative estimate of drug-likeness (QED) is 0.425. The van der Waals surface area contributed by atoms with Crippen molar-refractivity contribution in [1.82, 2.24) is 20.2 Å². The Morgan fingerprint density at radius 1 is 1.11 bits per heavy atom. The van der Waals surface area contributed by atoms with E-state index in [1.54, 1.807) is 17.3 Å². The molecule has 1 aliphatic heterocycles. The van der Waals surface area contributed by atoms with Crippen molar-refractivity contribution in [3.8, 4) is 11.3 Å². The van der Waals surface area contributed by atoms with Crippen molar-refractivity contribution in [1.29, 1.82) is 0 Å². The third kappa shape index (κ3) is 2.68. The minimum Gasteiger partial charge on any atom is -0.456 e. The van der Waals surface area contributed by atoms with Gasteiger partial charge in [-0.1, -0.05) is 18.2 Å². The number of furan rings is 1. The summed E-state index contributed by atoms with van der Waals surface area (Å²) in [7, 11) is 0. The van der Waals surface area contributed by atoms with Crippen LogP contribution in [-0.2, 0) is 4.79 Å². The van der Waals surface area contributed by atoms with Gasteiger partial charge in [-0.15, -0.1) is 0 Å². The normalized spacial score (nSPS) is 14.6. The Kier molecular flexibility index (Phi) is 3.95. The van der Waals surface area contributed by atoms with E-state index in [0.29, 0.717) is 43.0 Å². The lowest BCUT2D eigenvalue weighted by Gasteiger charge is -2.26. The number of pyridine rings is 1. The fraction of sp³-hybridized carbons (Fsp3) is 0.190. The number of benzene rings is 1. The summed E-state index contributed by atoms with van der Waals surface area (Å²) in [6.07, 6.45) is 3.19. The highest BCUT2D eigenvalue weighted by atomic mass is 16.3. The van der Waals surface area contributed by atoms with Crippen molar-refractivity contribution >= 4 is 33.7 Å². The first kappa shape index (κ1) is 16.7. The molecule has 1 aromatic carbocycles. The molecule has 1 aliphatic rings. The zero-order valence-corrected chi connectivity index (χ0v) is 15.1. The molecule has 0 spiro atoms. The van der Waals surface area contributed by atoms with Crippen molar-refractivity contribution in [2.75, 3.05) is 26.2 Å². The van der Waals surface area contributed by atoms with Gasteiger partial charge in [0.15, 0.2) is 0 Å². The monoisotopic (exact) mass is 374 g/mol. The molecule has 7 heteroatoms. The topological polar surface area (TPSA) is 91.2 Å². The Bertz CT molecular complexity index is 1170. The van der Waals surface area contributed by atoms with Crippen molar-refractivity contribution in [2.24, 2.45) is 0 Å². The number of aromatic nitrogens is 2. The molecule has 1 fully saturated rings. The molecule has 3 aromatic heterocycles. The molecule has 28 heavy (non-hydrogen) atoms. The predicted molar refractivity (Wildman–Crippen MR) is 105 cm³/mol. The van der Waals surface area contributed by atoms with E-state index in [-0.39, 0.29) is 5.56 Å². The first-order valence-electron chi connectivity index (χ1n) is 9.22. The molecule has 0 atom stereocenters. The van der Waals surface area contributed by atoms with Crippen LogP contribution in [0.1, 0.15) is 10.4 Å². The maximum absolute atomic E-state index is 12.8. The van der Waals surface area contributed by atoms with Crippen molar-refractivity contribution in [3.63, 3.8) is 0 Å². The van der Waals surface area contributed by atoms with Gasteiger partial charge in [0.1, 0.15) is 11.3 Å². The zero-order valence-electron chi connectivity index (χ0n) is 15.1. The van der Waals surface area contributed by atoms with E-state index in [2.05, 4.69) is 15.3 Å². The lowest BCUT2D eigenvalue weighted by Crippen LogP contribution is -2.48. The highest BCUT2D eigenvalue weighted by Gasteiger charge is 2.27. The molecule has 1 saturated heterocycles. The second kappa shape index (κ2) is 6.61. The Morgan fingerprint density at radius 3 is 2.75 bits per heavy atom. The van der Waals surface area contributed by atoms with Gasteiger partial charge in [-0.05, 0) is 18.2 Å². The second-order valence-electron chi connectivity index (χ2n) is 6.80. The van der Waals surface area contributed by atoms with E-state index >= 15 is 0 Å². The molecule has 5 rings (SSSR count). The van der Waals surface area contributed by atoms with Crippen LogP contribution in [0.3, 0.4) is 0 Å². The minimum atomic E-state index is -0.539. The van der Waals surface area contributed by atoms with Crippen LogP contribution < -0.4 is 5.32 Å². The van der Waals surface area contributed by atoms with Gasteiger partial charge < -0.3 is 19.6 Å². The van der Waals surface area contributed by atoms with E-state index in [1.807, 2.05) is 36.4 Å². The number of Topliss-reactive ketones (excluding diaryl/α,β-unsaturated/α-hetero) is 1. The van der Waals surface area contributed by atoms with Crippen LogP contribution in [0.15, 0.2) is 53.2 Å². The van der Waals surface area contributed by atoms with Crippen LogP contribution in [0, 0.1) is 0 Å². The average molecular weight is 374 g/mol. The number of hydrogen-bond acceptors (Lipinski definition) is 5. The van der Waals surface area contributed by atoms with Gasteiger partial charge in [0, 0.05) is 49.5 Å². The number of carbonyl (C=O) groups excluding carboxylic acids is 2. The number of hydrogen-bond donors (Lipinski definition) is 2. The Morgan fingerprint density at radius 2 is 1.93 bits per heavy atom. The molecule has 1 amide bonds. The van der Waals surface area contributed by atoms with Crippen molar-refractivity contribution in [2.45, 2.75) is 0 Å². The first-order valence-corrected chi connectivity index (χ1v) is 9.22. The van der Waals surface area contributed by atoms with Crippen LogP contribution in [0.4, 0.5) is 0 Å². The number of carbonyl (C=O) groups is 2. The number of amides is 1. The molecule has 4 aromatic rings. The third-order valence-corrected chi connectivity index (χ3v) is 5.10. The van der Waals surface area contributed by atoms with Gasteiger partial charge in [-0.2, -0.15) is 0 Å². The largest absolute Gasteiger partial charge is 0.456 e. The van der Waals surface area contributed by atoms with Gasteiger partial charge in [0.2, 0.25) is 0 Å². The van der Waals surface area contributed by atoms with Crippen LogP contribution >= 0.6 is 0 Å². The Labute approximate surface area is 160 Å². The number of para-hydroxylation sites is 1. The molecule has 140 valence electrons. The lowest BCUT2D eigenvalue weighted by molar-refractivity contribution is -0.126. The van der Waals surface area contributed by atoms with Crippen molar-refractivity contribution in [3.05, 3.63) is 54.4 Å². The summed E-state index contributed by atoms with van der Waals surface area (Å²) in [6, 6.07) is 11.6. The number of nitrogens with one attached hydrogen (secondary N) is 2. The van der Waals surface area contributed by atoms with Gasteiger partial charge in [-0.25, -0.2) is 0 Å². The number of aromatic amines is 1. The summed E-state index contributed by atoms with van der Waals surface area (Å²) in [5.74, 6) is -0.344. The summed E-state index contributed by atoms with van der Waals surface area (Å²) >= 11 is 0. The molecule has 7 nitrogen and oxygen atoms in total. The second-order valence-corrected chi connectivity index (χ2v) is 6.80. The number of rotatable bonds is 3. The predicted octanol–water partition coefficient (Wildman–Crippen LogP) is 2.59. The third-order valence-electron chi connectivity index (χ3n) is 5.10. The van der Waals surface area contributed by atoms with E-state index in [4.69, 9.17) is 4.42 Å². The van der Waals surface area contributed by atoms with Crippen molar-refractivity contribution < 1.29 is 14.0 Å². The Balaban J connectivity index is 1.55. The zero-order chi connectivity index (χ0) is 19.1. The highest BCUT2D eigenvalue weighted by Crippen LogP contribution is 2.32. The molecular weight excluding hydrogens is 356 g/mol. The summed E-state index contributed by atoms with van der Waals surface area (Å²) in [5, 5.41) is 4.17. The molecule has 0 bridgehead atoms. The summed E-state index contributed by atoms with van der Waals surface area (Å²) in [5.41, 5.74) is 3.04. The summed E-state index contributed by atoms with van der Waals surface area (Å²) < 4.78 is 5.96. The average Bonchev–Trinajstić information content (AvgIpc) is 3.37. The maximum atomic E-state index is 12.8. The standard InChI is InChI=1S/C21H18N4O3/c26-20(21(27)25-9-7-22-8-10-25)15-12-24-18-14(5-6-23-19(15)18)17-11-13-3-1-2-4-16(13)28-17/h1-6,11-12,22,24H,7-10H2.